The minimum atomic E-state index is -0.136. The maximum absolute atomic E-state index is 12.4. The molecule has 0 aromatic heterocycles. The van der Waals surface area contributed by atoms with Crippen molar-refractivity contribution >= 4 is 23.6 Å². The molecule has 0 saturated carbocycles. The summed E-state index contributed by atoms with van der Waals surface area (Å²) in [6.45, 7) is 0. The Morgan fingerprint density at radius 1 is 0.958 bits per heavy atom. The van der Waals surface area contributed by atoms with Gasteiger partial charge < -0.3 is 14.2 Å². The Morgan fingerprint density at radius 3 is 2.00 bits per heavy atom. The maximum atomic E-state index is 12.4. The zero-order valence-corrected chi connectivity index (χ0v) is 15.0. The Labute approximate surface area is 146 Å². The van der Waals surface area contributed by atoms with Gasteiger partial charge in [0.05, 0.1) is 21.3 Å². The molecule has 0 fully saturated rings. The van der Waals surface area contributed by atoms with E-state index >= 15 is 0 Å². The van der Waals surface area contributed by atoms with Crippen LogP contribution in [0, 0.1) is 0 Å². The van der Waals surface area contributed by atoms with Gasteiger partial charge in [0.1, 0.15) is 0 Å². The van der Waals surface area contributed by atoms with Gasteiger partial charge in [-0.3, -0.25) is 4.79 Å². The SMILES string of the molecule is COc1cc(C(=O)C=Cc2ccc(SC)cc2)cc(OC)c1OC. The van der Waals surface area contributed by atoms with Gasteiger partial charge in [-0.25, -0.2) is 0 Å². The van der Waals surface area contributed by atoms with E-state index in [1.807, 2.05) is 30.5 Å². The summed E-state index contributed by atoms with van der Waals surface area (Å²) < 4.78 is 15.8. The third-order valence-electron chi connectivity index (χ3n) is 3.49. The van der Waals surface area contributed by atoms with Gasteiger partial charge in [-0.15, -0.1) is 11.8 Å². The van der Waals surface area contributed by atoms with Crippen LogP contribution in [0.5, 0.6) is 17.2 Å². The molecule has 0 aliphatic rings. The molecule has 5 heteroatoms. The number of hydrogen-bond donors (Lipinski definition) is 0. The molecule has 126 valence electrons. The third-order valence-corrected chi connectivity index (χ3v) is 4.24. The molecule has 0 amide bonds. The van der Waals surface area contributed by atoms with E-state index in [0.717, 1.165) is 5.56 Å². The van der Waals surface area contributed by atoms with E-state index in [4.69, 9.17) is 14.2 Å². The normalized spacial score (nSPS) is 10.7. The lowest BCUT2D eigenvalue weighted by molar-refractivity contribution is 0.104. The Bertz CT molecular complexity index is 711. The number of rotatable bonds is 7. The summed E-state index contributed by atoms with van der Waals surface area (Å²) in [6, 6.07) is 11.3. The molecule has 24 heavy (non-hydrogen) atoms. The highest BCUT2D eigenvalue weighted by Gasteiger charge is 2.15. The van der Waals surface area contributed by atoms with Crippen molar-refractivity contribution in [2.75, 3.05) is 27.6 Å². The van der Waals surface area contributed by atoms with E-state index in [-0.39, 0.29) is 5.78 Å². The predicted molar refractivity (Wildman–Crippen MR) is 97.7 cm³/mol. The minimum absolute atomic E-state index is 0.136. The Morgan fingerprint density at radius 2 is 1.54 bits per heavy atom. The van der Waals surface area contributed by atoms with Gasteiger partial charge in [0.25, 0.3) is 0 Å². The summed E-state index contributed by atoms with van der Waals surface area (Å²) in [7, 11) is 4.57. The second-order valence-corrected chi connectivity index (χ2v) is 5.76. The first kappa shape index (κ1) is 17.9. The Kier molecular flexibility index (Phi) is 6.32. The van der Waals surface area contributed by atoms with Crippen molar-refractivity contribution < 1.29 is 19.0 Å². The summed E-state index contributed by atoms with van der Waals surface area (Å²) in [5.41, 5.74) is 1.44. The number of thioether (sulfide) groups is 1. The number of carbonyl (C=O) groups excluding carboxylic acids is 1. The van der Waals surface area contributed by atoms with Crippen molar-refractivity contribution in [3.63, 3.8) is 0 Å². The molecule has 0 bridgehead atoms. The van der Waals surface area contributed by atoms with Gasteiger partial charge in [0, 0.05) is 10.5 Å². The van der Waals surface area contributed by atoms with E-state index in [9.17, 15) is 4.79 Å². The molecule has 0 atom stereocenters. The van der Waals surface area contributed by atoms with Crippen molar-refractivity contribution in [1.29, 1.82) is 0 Å². The monoisotopic (exact) mass is 344 g/mol. The van der Waals surface area contributed by atoms with Crippen LogP contribution >= 0.6 is 11.8 Å². The summed E-state index contributed by atoms with van der Waals surface area (Å²) in [5, 5.41) is 0. The molecule has 0 radical (unpaired) electrons. The molecule has 0 aliphatic heterocycles. The summed E-state index contributed by atoms with van der Waals surface area (Å²) >= 11 is 1.68. The number of allylic oxidation sites excluding steroid dienone is 1. The molecule has 2 rings (SSSR count). The average Bonchev–Trinajstić information content (AvgIpc) is 2.65. The predicted octanol–water partition coefficient (Wildman–Crippen LogP) is 4.33. The number of carbonyl (C=O) groups is 1. The number of hydrogen-bond acceptors (Lipinski definition) is 5. The lowest BCUT2D eigenvalue weighted by atomic mass is 10.1. The van der Waals surface area contributed by atoms with E-state index in [2.05, 4.69) is 0 Å². The Balaban J connectivity index is 2.26. The molecule has 4 nitrogen and oxygen atoms in total. The first-order valence-electron chi connectivity index (χ1n) is 7.29. The average molecular weight is 344 g/mol. The van der Waals surface area contributed by atoms with E-state index in [1.165, 1.54) is 32.3 Å². The van der Waals surface area contributed by atoms with Gasteiger partial charge in [-0.2, -0.15) is 0 Å². The van der Waals surface area contributed by atoms with Crippen molar-refractivity contribution in [1.82, 2.24) is 0 Å². The van der Waals surface area contributed by atoms with Crippen molar-refractivity contribution in [3.8, 4) is 17.2 Å². The number of methoxy groups -OCH3 is 3. The summed E-state index contributed by atoms with van der Waals surface area (Å²) in [4.78, 5) is 13.6. The van der Waals surface area contributed by atoms with Crippen LogP contribution in [0.1, 0.15) is 15.9 Å². The van der Waals surface area contributed by atoms with Crippen molar-refractivity contribution in [3.05, 3.63) is 53.6 Å². The standard InChI is InChI=1S/C19H20O4S/c1-21-17-11-14(12-18(22-2)19(17)23-3)16(20)10-7-13-5-8-15(24-4)9-6-13/h5-12H,1-4H3. The molecule has 2 aromatic carbocycles. The zero-order valence-electron chi connectivity index (χ0n) is 14.2. The van der Waals surface area contributed by atoms with Gasteiger partial charge >= 0.3 is 0 Å². The van der Waals surface area contributed by atoms with Crippen molar-refractivity contribution in [2.45, 2.75) is 4.90 Å². The quantitative estimate of drug-likeness (QED) is 0.425. The van der Waals surface area contributed by atoms with Gasteiger partial charge in [0.2, 0.25) is 5.75 Å². The van der Waals surface area contributed by atoms with E-state index in [0.29, 0.717) is 22.8 Å². The molecular weight excluding hydrogens is 324 g/mol. The highest BCUT2D eigenvalue weighted by atomic mass is 32.2. The fraction of sp³-hybridized carbons (Fsp3) is 0.211. The minimum Gasteiger partial charge on any atom is -0.493 e. The molecular formula is C19H20O4S. The fourth-order valence-electron chi connectivity index (χ4n) is 2.21. The van der Waals surface area contributed by atoms with Crippen LogP contribution in [-0.4, -0.2) is 33.4 Å². The van der Waals surface area contributed by atoms with E-state index < -0.39 is 0 Å². The van der Waals surface area contributed by atoms with Crippen LogP contribution in [-0.2, 0) is 0 Å². The lowest BCUT2D eigenvalue weighted by Crippen LogP contribution is -2.00. The Hall–Kier alpha value is -2.40. The molecule has 0 unspecified atom stereocenters. The number of benzene rings is 2. The highest BCUT2D eigenvalue weighted by Crippen LogP contribution is 2.38. The first-order chi connectivity index (χ1) is 11.6. The molecule has 0 saturated heterocycles. The van der Waals surface area contributed by atoms with Crippen LogP contribution in [0.3, 0.4) is 0 Å². The van der Waals surface area contributed by atoms with Crippen LogP contribution in [0.2, 0.25) is 0 Å². The molecule has 0 heterocycles. The fourth-order valence-corrected chi connectivity index (χ4v) is 2.61. The summed E-state index contributed by atoms with van der Waals surface area (Å²) in [6.07, 6.45) is 5.35. The molecule has 2 aromatic rings. The second-order valence-electron chi connectivity index (χ2n) is 4.88. The summed E-state index contributed by atoms with van der Waals surface area (Å²) in [5.74, 6) is 1.24. The molecule has 0 aliphatic carbocycles. The second kappa shape index (κ2) is 8.45. The van der Waals surface area contributed by atoms with E-state index in [1.54, 1.807) is 30.0 Å². The topological polar surface area (TPSA) is 44.8 Å². The van der Waals surface area contributed by atoms with Crippen LogP contribution in [0.15, 0.2) is 47.4 Å². The van der Waals surface area contributed by atoms with Crippen LogP contribution < -0.4 is 14.2 Å². The molecule has 0 spiro atoms. The smallest absolute Gasteiger partial charge is 0.203 e. The van der Waals surface area contributed by atoms with Gasteiger partial charge in [-0.05, 0) is 42.2 Å². The maximum Gasteiger partial charge on any atom is 0.203 e. The van der Waals surface area contributed by atoms with Gasteiger partial charge in [0.15, 0.2) is 17.3 Å². The zero-order chi connectivity index (χ0) is 17.5. The number of ether oxygens (including phenoxy) is 3. The lowest BCUT2D eigenvalue weighted by Gasteiger charge is -2.13. The van der Waals surface area contributed by atoms with Crippen LogP contribution in [0.4, 0.5) is 0 Å². The largest absolute Gasteiger partial charge is 0.493 e. The number of ketones is 1. The first-order valence-corrected chi connectivity index (χ1v) is 8.52. The highest BCUT2D eigenvalue weighted by molar-refractivity contribution is 7.98. The van der Waals surface area contributed by atoms with Gasteiger partial charge in [-0.1, -0.05) is 18.2 Å². The molecule has 0 N–H and O–H groups in total. The third kappa shape index (κ3) is 4.11. The van der Waals surface area contributed by atoms with Crippen LogP contribution in [0.25, 0.3) is 6.08 Å². The van der Waals surface area contributed by atoms with Crippen molar-refractivity contribution in [2.24, 2.45) is 0 Å².